The van der Waals surface area contributed by atoms with E-state index in [0.29, 0.717) is 0 Å². The van der Waals surface area contributed by atoms with E-state index >= 15 is 0 Å². The van der Waals surface area contributed by atoms with Crippen LogP contribution in [-0.4, -0.2) is 28.7 Å². The van der Waals surface area contributed by atoms with E-state index < -0.39 is 0 Å². The summed E-state index contributed by atoms with van der Waals surface area (Å²) in [7, 11) is 0. The Morgan fingerprint density at radius 2 is 2.00 bits per heavy atom. The molecule has 0 unspecified atom stereocenters. The quantitative estimate of drug-likeness (QED) is 0.425. The third kappa shape index (κ3) is 2.46. The smallest absolute Gasteiger partial charge is 0.314 e. The predicted molar refractivity (Wildman–Crippen MR) is 34.4 cm³/mol. The maximum Gasteiger partial charge on any atom is 0.314 e. The SMILES string of the molecule is CC(C)(C)N([C]=O)CO. The summed E-state index contributed by atoms with van der Waals surface area (Å²) in [6.07, 6.45) is 1.62. The average Bonchev–Trinajstić information content (AvgIpc) is 1.65. The Kier molecular flexibility index (Phi) is 2.65. The van der Waals surface area contributed by atoms with Gasteiger partial charge in [-0.25, -0.2) is 0 Å². The number of aliphatic hydroxyl groups is 1. The lowest BCUT2D eigenvalue weighted by Gasteiger charge is -2.28. The van der Waals surface area contributed by atoms with E-state index in [0.717, 1.165) is 0 Å². The molecule has 0 aromatic carbocycles. The van der Waals surface area contributed by atoms with Crippen molar-refractivity contribution < 1.29 is 9.90 Å². The molecule has 3 nitrogen and oxygen atoms in total. The fourth-order valence-electron chi connectivity index (χ4n) is 0.378. The van der Waals surface area contributed by atoms with Gasteiger partial charge in [0, 0.05) is 5.54 Å². The monoisotopic (exact) mass is 130 g/mol. The number of carbonyl (C=O) groups excluding carboxylic acids is 1. The maximum absolute atomic E-state index is 10.0. The molecule has 53 valence electrons. The number of rotatable bonds is 2. The summed E-state index contributed by atoms with van der Waals surface area (Å²) in [6, 6.07) is 0. The van der Waals surface area contributed by atoms with E-state index in [2.05, 4.69) is 0 Å². The van der Waals surface area contributed by atoms with Gasteiger partial charge < -0.3 is 10.0 Å². The molecule has 0 saturated carbocycles. The first kappa shape index (κ1) is 8.43. The van der Waals surface area contributed by atoms with E-state index in [-0.39, 0.29) is 12.3 Å². The van der Waals surface area contributed by atoms with Crippen LogP contribution in [0.15, 0.2) is 0 Å². The molecule has 0 saturated heterocycles. The Morgan fingerprint density at radius 3 is 2.00 bits per heavy atom. The molecule has 0 rings (SSSR count). The first-order valence-electron chi connectivity index (χ1n) is 2.78. The lowest BCUT2D eigenvalue weighted by atomic mass is 10.1. The van der Waals surface area contributed by atoms with Crippen LogP contribution in [0.3, 0.4) is 0 Å². The van der Waals surface area contributed by atoms with Crippen molar-refractivity contribution in [2.24, 2.45) is 0 Å². The minimum absolute atomic E-state index is 0.271. The molecule has 0 heterocycles. The molecule has 0 aliphatic carbocycles. The van der Waals surface area contributed by atoms with Crippen LogP contribution in [0.5, 0.6) is 0 Å². The largest absolute Gasteiger partial charge is 0.376 e. The molecule has 0 fully saturated rings. The zero-order valence-corrected chi connectivity index (χ0v) is 6.01. The van der Waals surface area contributed by atoms with Crippen LogP contribution >= 0.6 is 0 Å². The Balaban J connectivity index is 3.94. The Bertz CT molecular complexity index is 95.7. The van der Waals surface area contributed by atoms with Gasteiger partial charge in [0.1, 0.15) is 6.73 Å². The summed E-state index contributed by atoms with van der Waals surface area (Å²) in [5.41, 5.74) is -0.323. The van der Waals surface area contributed by atoms with Crippen LogP contribution < -0.4 is 0 Å². The van der Waals surface area contributed by atoms with Gasteiger partial charge in [-0.15, -0.1) is 0 Å². The molecule has 0 aromatic rings. The highest BCUT2D eigenvalue weighted by Crippen LogP contribution is 2.08. The second kappa shape index (κ2) is 2.82. The molecule has 0 aliphatic heterocycles. The first-order chi connectivity index (χ1) is 4.02. The first-order valence-corrected chi connectivity index (χ1v) is 2.78. The van der Waals surface area contributed by atoms with Gasteiger partial charge in [-0.2, -0.15) is 0 Å². The van der Waals surface area contributed by atoms with Gasteiger partial charge in [0.2, 0.25) is 0 Å². The number of hydrogen-bond donors (Lipinski definition) is 1. The third-order valence-electron chi connectivity index (χ3n) is 1.06. The lowest BCUT2D eigenvalue weighted by molar-refractivity contribution is 0.0967. The minimum atomic E-state index is -0.323. The van der Waals surface area contributed by atoms with Crippen LogP contribution in [0.1, 0.15) is 20.8 Å². The summed E-state index contributed by atoms with van der Waals surface area (Å²) in [5.74, 6) is 0. The topological polar surface area (TPSA) is 40.5 Å². The van der Waals surface area contributed by atoms with Crippen molar-refractivity contribution >= 4 is 6.41 Å². The molecule has 1 radical (unpaired) electrons. The van der Waals surface area contributed by atoms with E-state index in [9.17, 15) is 4.79 Å². The third-order valence-corrected chi connectivity index (χ3v) is 1.06. The normalized spacial score (nSPS) is 11.1. The molecule has 9 heavy (non-hydrogen) atoms. The second-order valence-electron chi connectivity index (χ2n) is 2.83. The molecule has 0 bridgehead atoms. The van der Waals surface area contributed by atoms with E-state index in [1.807, 2.05) is 20.8 Å². The summed E-state index contributed by atoms with van der Waals surface area (Å²) in [6.45, 7) is 5.21. The number of hydrogen-bond acceptors (Lipinski definition) is 2. The summed E-state index contributed by atoms with van der Waals surface area (Å²) in [4.78, 5) is 11.2. The van der Waals surface area contributed by atoms with Gasteiger partial charge >= 0.3 is 6.41 Å². The van der Waals surface area contributed by atoms with Gasteiger partial charge in [0.15, 0.2) is 0 Å². The second-order valence-corrected chi connectivity index (χ2v) is 2.83. The predicted octanol–water partition coefficient (Wildman–Crippen LogP) is 0.104. The number of amides is 1. The van der Waals surface area contributed by atoms with Crippen LogP contribution in [0.4, 0.5) is 0 Å². The Hall–Kier alpha value is -0.570. The molecule has 1 N–H and O–H groups in total. The molecular weight excluding hydrogens is 118 g/mol. The minimum Gasteiger partial charge on any atom is -0.376 e. The summed E-state index contributed by atoms with van der Waals surface area (Å²) in [5, 5.41) is 8.53. The highest BCUT2D eigenvalue weighted by Gasteiger charge is 2.18. The van der Waals surface area contributed by atoms with Gasteiger partial charge in [-0.05, 0) is 20.8 Å². The van der Waals surface area contributed by atoms with Crippen molar-refractivity contribution in [1.29, 1.82) is 0 Å². The molecule has 1 amide bonds. The fraction of sp³-hybridized carbons (Fsp3) is 0.833. The summed E-state index contributed by atoms with van der Waals surface area (Å²) >= 11 is 0. The van der Waals surface area contributed by atoms with Crippen LogP contribution in [-0.2, 0) is 4.79 Å². The van der Waals surface area contributed by atoms with E-state index in [1.165, 1.54) is 4.90 Å². The zero-order chi connectivity index (χ0) is 7.49. The molecule has 0 spiro atoms. The fourth-order valence-corrected chi connectivity index (χ4v) is 0.378. The van der Waals surface area contributed by atoms with Crippen molar-refractivity contribution in [1.82, 2.24) is 4.90 Å². The Labute approximate surface area is 55.3 Å². The highest BCUT2D eigenvalue weighted by molar-refractivity contribution is 5.49. The van der Waals surface area contributed by atoms with E-state index in [4.69, 9.17) is 5.11 Å². The van der Waals surface area contributed by atoms with Crippen molar-refractivity contribution in [3.63, 3.8) is 0 Å². The van der Waals surface area contributed by atoms with Crippen molar-refractivity contribution in [3.05, 3.63) is 0 Å². The van der Waals surface area contributed by atoms with Gasteiger partial charge in [-0.1, -0.05) is 0 Å². The zero-order valence-electron chi connectivity index (χ0n) is 6.01. The van der Waals surface area contributed by atoms with Crippen LogP contribution in [0, 0.1) is 0 Å². The maximum atomic E-state index is 10.0. The molecule has 0 aromatic heterocycles. The summed E-state index contributed by atoms with van der Waals surface area (Å²) < 4.78 is 0. The van der Waals surface area contributed by atoms with Crippen molar-refractivity contribution in [2.45, 2.75) is 26.3 Å². The highest BCUT2D eigenvalue weighted by atomic mass is 16.3. The van der Waals surface area contributed by atoms with Gasteiger partial charge in [0.05, 0.1) is 0 Å². The van der Waals surface area contributed by atoms with Crippen molar-refractivity contribution in [2.75, 3.05) is 6.73 Å². The molecule has 0 atom stereocenters. The molecular formula is C6H12NO2. The lowest BCUT2D eigenvalue weighted by Crippen LogP contribution is -2.40. The average molecular weight is 130 g/mol. The molecule has 0 aliphatic rings. The number of aliphatic hydroxyl groups excluding tert-OH is 1. The Morgan fingerprint density at radius 1 is 1.56 bits per heavy atom. The van der Waals surface area contributed by atoms with Crippen LogP contribution in [0.25, 0.3) is 0 Å². The van der Waals surface area contributed by atoms with Crippen molar-refractivity contribution in [3.8, 4) is 0 Å². The standard InChI is InChI=1S/C6H12NO2/c1-6(2,3)7(4-8)5-9/h8H,4H2,1-3H3. The van der Waals surface area contributed by atoms with Gasteiger partial charge in [-0.3, -0.25) is 4.79 Å². The van der Waals surface area contributed by atoms with Crippen LogP contribution in [0.2, 0.25) is 0 Å². The van der Waals surface area contributed by atoms with E-state index in [1.54, 1.807) is 6.41 Å². The van der Waals surface area contributed by atoms with Gasteiger partial charge in [0.25, 0.3) is 0 Å². The number of nitrogens with zero attached hydrogens (tertiary/aromatic N) is 1. The molecule has 3 heteroatoms.